The Morgan fingerprint density at radius 3 is 2.39 bits per heavy atom. The lowest BCUT2D eigenvalue weighted by Gasteiger charge is -2.33. The Balaban J connectivity index is 1.71. The summed E-state index contributed by atoms with van der Waals surface area (Å²) in [5.41, 5.74) is 0.968. The van der Waals surface area contributed by atoms with Gasteiger partial charge in [0.25, 0.3) is 0 Å². The van der Waals surface area contributed by atoms with E-state index < -0.39 is 12.6 Å². The predicted octanol–water partition coefficient (Wildman–Crippen LogP) is 2.89. The molecule has 2 rings (SSSR count). The number of hydrogen-bond acceptors (Lipinski definition) is 4. The summed E-state index contributed by atoms with van der Waals surface area (Å²) in [5, 5.41) is 12.1. The molecule has 1 aliphatic heterocycles. The average molecular weight is 332 g/mol. The molecule has 0 atom stereocenters. The van der Waals surface area contributed by atoms with Crippen molar-refractivity contribution in [2.45, 2.75) is 31.5 Å². The molecule has 2 N–H and O–H groups in total. The first-order chi connectivity index (χ1) is 11.0. The minimum absolute atomic E-state index is 0.0209. The molecule has 4 nitrogen and oxygen atoms in total. The smallest absolute Gasteiger partial charge is 0.390 e. The van der Waals surface area contributed by atoms with Crippen molar-refractivity contribution in [2.24, 2.45) is 0 Å². The maximum absolute atomic E-state index is 12.2. The quantitative estimate of drug-likeness (QED) is 0.806. The third kappa shape index (κ3) is 6.66. The lowest BCUT2D eigenvalue weighted by molar-refractivity contribution is -0.138. The van der Waals surface area contributed by atoms with E-state index >= 15 is 0 Å². The number of nitrogens with zero attached hydrogens (tertiary/aromatic N) is 1. The van der Waals surface area contributed by atoms with Crippen LogP contribution in [-0.4, -0.2) is 55.1 Å². The topological polar surface area (TPSA) is 44.7 Å². The lowest BCUT2D eigenvalue weighted by atomic mass is 10.0. The first-order valence-electron chi connectivity index (χ1n) is 7.85. The number of anilines is 1. The molecule has 0 aliphatic carbocycles. The minimum Gasteiger partial charge on any atom is -0.491 e. The lowest BCUT2D eigenvalue weighted by Crippen LogP contribution is -2.40. The first-order valence-corrected chi connectivity index (χ1v) is 7.85. The maximum Gasteiger partial charge on any atom is 0.390 e. The normalized spacial score (nSPS) is 17.2. The predicted molar refractivity (Wildman–Crippen MR) is 82.8 cm³/mol. The molecule has 130 valence electrons. The van der Waals surface area contributed by atoms with Gasteiger partial charge in [-0.2, -0.15) is 13.2 Å². The first kappa shape index (κ1) is 17.9. The van der Waals surface area contributed by atoms with Crippen LogP contribution in [0.15, 0.2) is 24.3 Å². The largest absolute Gasteiger partial charge is 0.491 e. The van der Waals surface area contributed by atoms with Crippen LogP contribution >= 0.6 is 0 Å². The van der Waals surface area contributed by atoms with Gasteiger partial charge in [-0.15, -0.1) is 0 Å². The summed E-state index contributed by atoms with van der Waals surface area (Å²) in [4.78, 5) is 1.87. The van der Waals surface area contributed by atoms with Crippen LogP contribution in [0.4, 0.5) is 18.9 Å². The van der Waals surface area contributed by atoms with Crippen LogP contribution < -0.4 is 10.1 Å². The Hall–Kier alpha value is -1.47. The standard InChI is InChI=1S/C16H23F3N2O2/c17-16(18,19)7-10-21-8-5-14(6-9-21)20-13-1-3-15(4-2-13)23-12-11-22/h1-4,14,20,22H,5-12H2. The van der Waals surface area contributed by atoms with Gasteiger partial charge < -0.3 is 20.1 Å². The Morgan fingerprint density at radius 2 is 1.83 bits per heavy atom. The Labute approximate surface area is 134 Å². The van der Waals surface area contributed by atoms with E-state index in [-0.39, 0.29) is 25.8 Å². The van der Waals surface area contributed by atoms with Gasteiger partial charge in [-0.25, -0.2) is 0 Å². The van der Waals surface area contributed by atoms with Crippen molar-refractivity contribution in [1.82, 2.24) is 4.90 Å². The van der Waals surface area contributed by atoms with Gasteiger partial charge in [0.15, 0.2) is 0 Å². The minimum atomic E-state index is -4.07. The Bertz CT molecular complexity index is 457. The molecule has 23 heavy (non-hydrogen) atoms. The molecule has 0 radical (unpaired) electrons. The molecular formula is C16H23F3N2O2. The second-order valence-electron chi connectivity index (χ2n) is 5.72. The van der Waals surface area contributed by atoms with E-state index in [1.54, 1.807) is 0 Å². The van der Waals surface area contributed by atoms with Crippen LogP contribution in [0.2, 0.25) is 0 Å². The number of alkyl halides is 3. The van der Waals surface area contributed by atoms with Gasteiger partial charge in [-0.05, 0) is 37.1 Å². The van der Waals surface area contributed by atoms with Crippen molar-refractivity contribution in [3.8, 4) is 5.75 Å². The SMILES string of the molecule is OCCOc1ccc(NC2CCN(CCC(F)(F)F)CC2)cc1. The van der Waals surface area contributed by atoms with Crippen LogP contribution in [0.5, 0.6) is 5.75 Å². The number of likely N-dealkylation sites (tertiary alicyclic amines) is 1. The van der Waals surface area contributed by atoms with E-state index in [2.05, 4.69) is 5.32 Å². The summed E-state index contributed by atoms with van der Waals surface area (Å²) in [6.07, 6.45) is -3.14. The van der Waals surface area contributed by atoms with Gasteiger partial charge in [0, 0.05) is 31.4 Å². The monoisotopic (exact) mass is 332 g/mol. The van der Waals surface area contributed by atoms with Crippen LogP contribution in [0.25, 0.3) is 0 Å². The number of aliphatic hydroxyl groups excluding tert-OH is 1. The van der Waals surface area contributed by atoms with Crippen molar-refractivity contribution in [2.75, 3.05) is 38.2 Å². The highest BCUT2D eigenvalue weighted by Crippen LogP contribution is 2.23. The molecule has 0 aromatic heterocycles. The van der Waals surface area contributed by atoms with Gasteiger partial charge in [-0.3, -0.25) is 0 Å². The molecule has 1 saturated heterocycles. The average Bonchev–Trinajstić information content (AvgIpc) is 2.53. The van der Waals surface area contributed by atoms with Crippen molar-refractivity contribution >= 4 is 5.69 Å². The number of piperidine rings is 1. The molecule has 0 spiro atoms. The number of ether oxygens (including phenoxy) is 1. The van der Waals surface area contributed by atoms with Gasteiger partial charge in [0.2, 0.25) is 0 Å². The second kappa shape index (κ2) is 8.40. The maximum atomic E-state index is 12.2. The van der Waals surface area contributed by atoms with Crippen LogP contribution in [0.1, 0.15) is 19.3 Å². The summed E-state index contributed by atoms with van der Waals surface area (Å²) in [6.45, 7) is 1.71. The van der Waals surface area contributed by atoms with E-state index in [0.29, 0.717) is 18.8 Å². The molecule has 1 aliphatic rings. The van der Waals surface area contributed by atoms with Gasteiger partial charge in [0.05, 0.1) is 13.0 Å². The number of halogens is 3. The molecule has 0 saturated carbocycles. The van der Waals surface area contributed by atoms with E-state index in [0.717, 1.165) is 18.5 Å². The molecule has 0 amide bonds. The zero-order chi connectivity index (χ0) is 16.7. The zero-order valence-electron chi connectivity index (χ0n) is 13.0. The fraction of sp³-hybridized carbons (Fsp3) is 0.625. The molecule has 7 heteroatoms. The van der Waals surface area contributed by atoms with Crippen LogP contribution in [-0.2, 0) is 0 Å². The number of nitrogens with one attached hydrogen (secondary N) is 1. The molecule has 0 unspecified atom stereocenters. The summed E-state index contributed by atoms with van der Waals surface area (Å²) in [7, 11) is 0. The van der Waals surface area contributed by atoms with E-state index in [4.69, 9.17) is 9.84 Å². The van der Waals surface area contributed by atoms with E-state index in [9.17, 15) is 13.2 Å². The molecule has 0 bridgehead atoms. The van der Waals surface area contributed by atoms with Crippen molar-refractivity contribution in [3.05, 3.63) is 24.3 Å². The van der Waals surface area contributed by atoms with Crippen molar-refractivity contribution in [3.63, 3.8) is 0 Å². The van der Waals surface area contributed by atoms with Gasteiger partial charge >= 0.3 is 6.18 Å². The van der Waals surface area contributed by atoms with Gasteiger partial charge in [-0.1, -0.05) is 0 Å². The molecule has 1 fully saturated rings. The Kier molecular flexibility index (Phi) is 6.53. The number of hydrogen-bond donors (Lipinski definition) is 2. The number of benzene rings is 1. The fourth-order valence-corrected chi connectivity index (χ4v) is 2.63. The van der Waals surface area contributed by atoms with Gasteiger partial charge in [0.1, 0.15) is 12.4 Å². The zero-order valence-corrected chi connectivity index (χ0v) is 13.0. The van der Waals surface area contributed by atoms with E-state index in [1.165, 1.54) is 0 Å². The highest BCUT2D eigenvalue weighted by molar-refractivity contribution is 5.47. The summed E-state index contributed by atoms with van der Waals surface area (Å²) >= 11 is 0. The van der Waals surface area contributed by atoms with E-state index in [1.807, 2.05) is 29.2 Å². The molecule has 1 aromatic carbocycles. The third-order valence-corrected chi connectivity index (χ3v) is 3.88. The van der Waals surface area contributed by atoms with Crippen molar-refractivity contribution < 1.29 is 23.0 Å². The number of aliphatic hydroxyl groups is 1. The van der Waals surface area contributed by atoms with Crippen LogP contribution in [0, 0.1) is 0 Å². The highest BCUT2D eigenvalue weighted by atomic mass is 19.4. The molecule has 1 heterocycles. The molecular weight excluding hydrogens is 309 g/mol. The summed E-state index contributed by atoms with van der Waals surface area (Å²) < 4.78 is 42.0. The van der Waals surface area contributed by atoms with Crippen LogP contribution in [0.3, 0.4) is 0 Å². The number of rotatable bonds is 7. The molecule has 1 aromatic rings. The fourth-order valence-electron chi connectivity index (χ4n) is 2.63. The summed E-state index contributed by atoms with van der Waals surface area (Å²) in [6, 6.07) is 7.75. The summed E-state index contributed by atoms with van der Waals surface area (Å²) in [5.74, 6) is 0.701. The highest BCUT2D eigenvalue weighted by Gasteiger charge is 2.29. The second-order valence-corrected chi connectivity index (χ2v) is 5.72. The third-order valence-electron chi connectivity index (χ3n) is 3.88. The Morgan fingerprint density at radius 1 is 1.17 bits per heavy atom. The van der Waals surface area contributed by atoms with Crippen molar-refractivity contribution in [1.29, 1.82) is 0 Å².